The number of methoxy groups -OCH3 is 1. The van der Waals surface area contributed by atoms with E-state index in [-0.39, 0.29) is 5.91 Å². The van der Waals surface area contributed by atoms with Crippen molar-refractivity contribution in [1.82, 2.24) is 5.43 Å². The minimum atomic E-state index is -0.302. The molecule has 1 unspecified atom stereocenters. The molecule has 20 heavy (non-hydrogen) atoms. The molecule has 1 aromatic carbocycles. The van der Waals surface area contributed by atoms with Gasteiger partial charge in [0.2, 0.25) is 0 Å². The molecule has 0 spiro atoms. The molecule has 0 aliphatic carbocycles. The van der Waals surface area contributed by atoms with Crippen molar-refractivity contribution in [2.24, 2.45) is 5.84 Å². The largest absolute Gasteiger partial charge is 0.494 e. The van der Waals surface area contributed by atoms with Crippen LogP contribution in [0.25, 0.3) is 0 Å². The first-order valence-electron chi connectivity index (χ1n) is 6.94. The number of nitrogens with one attached hydrogen (secondary N) is 1. The summed E-state index contributed by atoms with van der Waals surface area (Å²) in [6.45, 7) is 2.76. The Hall–Kier alpha value is -1.59. The predicted molar refractivity (Wildman–Crippen MR) is 78.5 cm³/mol. The molecule has 1 aromatic rings. The lowest BCUT2D eigenvalue weighted by Gasteiger charge is -2.09. The van der Waals surface area contributed by atoms with Gasteiger partial charge in [0.15, 0.2) is 0 Å². The van der Waals surface area contributed by atoms with Gasteiger partial charge in [0.05, 0.1) is 12.7 Å². The Kier molecular flexibility index (Phi) is 7.69. The summed E-state index contributed by atoms with van der Waals surface area (Å²) in [5.41, 5.74) is 2.61. The molecule has 1 rings (SSSR count). The highest BCUT2D eigenvalue weighted by atomic mass is 16.5. The van der Waals surface area contributed by atoms with E-state index in [4.69, 9.17) is 15.3 Å². The normalized spacial score (nSPS) is 11.9. The molecule has 0 aliphatic rings. The standard InChI is InChI=1S/C15H24N2O3/c1-12(19-2)6-4-3-5-11-20-14-9-7-13(8-10-14)15(18)17-16/h7-10,12H,3-6,11,16H2,1-2H3,(H,17,18). The van der Waals surface area contributed by atoms with Crippen LogP contribution in [0.2, 0.25) is 0 Å². The van der Waals surface area contributed by atoms with Gasteiger partial charge in [0.1, 0.15) is 5.75 Å². The molecule has 0 saturated carbocycles. The van der Waals surface area contributed by atoms with Crippen molar-refractivity contribution in [3.8, 4) is 5.75 Å². The quantitative estimate of drug-likeness (QED) is 0.315. The number of benzene rings is 1. The van der Waals surface area contributed by atoms with Gasteiger partial charge in [-0.1, -0.05) is 6.42 Å². The topological polar surface area (TPSA) is 73.6 Å². The van der Waals surface area contributed by atoms with Crippen molar-refractivity contribution in [2.75, 3.05) is 13.7 Å². The van der Waals surface area contributed by atoms with Crippen LogP contribution in [0.15, 0.2) is 24.3 Å². The smallest absolute Gasteiger partial charge is 0.265 e. The Morgan fingerprint density at radius 2 is 1.95 bits per heavy atom. The predicted octanol–water partition coefficient (Wildman–Crippen LogP) is 2.26. The molecule has 1 atom stereocenters. The maximum Gasteiger partial charge on any atom is 0.265 e. The minimum Gasteiger partial charge on any atom is -0.494 e. The number of carbonyl (C=O) groups is 1. The molecule has 0 aliphatic heterocycles. The molecule has 0 saturated heterocycles. The average Bonchev–Trinajstić information content (AvgIpc) is 2.50. The van der Waals surface area contributed by atoms with Gasteiger partial charge in [-0.25, -0.2) is 5.84 Å². The lowest BCUT2D eigenvalue weighted by molar-refractivity contribution is 0.0953. The fraction of sp³-hybridized carbons (Fsp3) is 0.533. The van der Waals surface area contributed by atoms with E-state index in [1.807, 2.05) is 0 Å². The summed E-state index contributed by atoms with van der Waals surface area (Å²) >= 11 is 0. The van der Waals surface area contributed by atoms with Crippen LogP contribution in [-0.2, 0) is 4.74 Å². The van der Waals surface area contributed by atoms with Gasteiger partial charge in [-0.2, -0.15) is 0 Å². The van der Waals surface area contributed by atoms with Gasteiger partial charge in [-0.3, -0.25) is 10.2 Å². The van der Waals surface area contributed by atoms with E-state index in [9.17, 15) is 4.79 Å². The third-order valence-electron chi connectivity index (χ3n) is 3.17. The summed E-state index contributed by atoms with van der Waals surface area (Å²) in [6, 6.07) is 6.94. The van der Waals surface area contributed by atoms with E-state index < -0.39 is 0 Å². The summed E-state index contributed by atoms with van der Waals surface area (Å²) < 4.78 is 10.8. The second kappa shape index (κ2) is 9.34. The molecular formula is C15H24N2O3. The summed E-state index contributed by atoms with van der Waals surface area (Å²) in [6.07, 6.45) is 4.70. The lowest BCUT2D eigenvalue weighted by atomic mass is 10.1. The Morgan fingerprint density at radius 1 is 1.25 bits per heavy atom. The van der Waals surface area contributed by atoms with Crippen LogP contribution in [0.1, 0.15) is 43.0 Å². The summed E-state index contributed by atoms with van der Waals surface area (Å²) in [7, 11) is 1.74. The number of nitrogens with two attached hydrogens (primary N) is 1. The number of nitrogen functional groups attached to an aromatic ring is 1. The Bertz CT molecular complexity index is 393. The van der Waals surface area contributed by atoms with Crippen LogP contribution in [0, 0.1) is 0 Å². The number of hydrazine groups is 1. The fourth-order valence-electron chi connectivity index (χ4n) is 1.80. The third kappa shape index (κ3) is 6.04. The van der Waals surface area contributed by atoms with Gasteiger partial charge >= 0.3 is 0 Å². The molecule has 5 heteroatoms. The molecule has 0 fully saturated rings. The first kappa shape index (κ1) is 16.5. The Balaban J connectivity index is 2.17. The van der Waals surface area contributed by atoms with Crippen molar-refractivity contribution in [2.45, 2.75) is 38.7 Å². The van der Waals surface area contributed by atoms with Crippen LogP contribution >= 0.6 is 0 Å². The van der Waals surface area contributed by atoms with Crippen molar-refractivity contribution in [1.29, 1.82) is 0 Å². The molecule has 3 N–H and O–H groups in total. The number of unbranched alkanes of at least 4 members (excludes halogenated alkanes) is 2. The Morgan fingerprint density at radius 3 is 2.55 bits per heavy atom. The van der Waals surface area contributed by atoms with Crippen LogP contribution < -0.4 is 16.0 Å². The second-order valence-corrected chi connectivity index (χ2v) is 4.74. The first-order valence-corrected chi connectivity index (χ1v) is 6.94. The second-order valence-electron chi connectivity index (χ2n) is 4.74. The number of carbonyl (C=O) groups excluding carboxylic acids is 1. The zero-order valence-corrected chi connectivity index (χ0v) is 12.2. The fourth-order valence-corrected chi connectivity index (χ4v) is 1.80. The third-order valence-corrected chi connectivity index (χ3v) is 3.17. The summed E-state index contributed by atoms with van der Waals surface area (Å²) in [4.78, 5) is 11.2. The van der Waals surface area contributed by atoms with E-state index in [0.29, 0.717) is 18.3 Å². The maximum atomic E-state index is 11.2. The number of hydrogen-bond acceptors (Lipinski definition) is 4. The van der Waals surface area contributed by atoms with Gasteiger partial charge in [-0.15, -0.1) is 0 Å². The molecule has 5 nitrogen and oxygen atoms in total. The minimum absolute atomic E-state index is 0.302. The zero-order chi connectivity index (χ0) is 14.8. The highest BCUT2D eigenvalue weighted by molar-refractivity contribution is 5.93. The van der Waals surface area contributed by atoms with Gasteiger partial charge in [0.25, 0.3) is 5.91 Å². The van der Waals surface area contributed by atoms with Gasteiger partial charge in [0, 0.05) is 12.7 Å². The molecule has 0 radical (unpaired) electrons. The summed E-state index contributed by atoms with van der Waals surface area (Å²) in [5, 5.41) is 0. The monoisotopic (exact) mass is 280 g/mol. The highest BCUT2D eigenvalue weighted by Gasteiger charge is 2.03. The van der Waals surface area contributed by atoms with E-state index in [0.717, 1.165) is 31.4 Å². The number of hydrogen-bond donors (Lipinski definition) is 2. The van der Waals surface area contributed by atoms with Crippen LogP contribution in [0.4, 0.5) is 0 Å². The van der Waals surface area contributed by atoms with E-state index in [1.165, 1.54) is 0 Å². The van der Waals surface area contributed by atoms with Crippen LogP contribution in [-0.4, -0.2) is 25.7 Å². The molecule has 1 amide bonds. The van der Waals surface area contributed by atoms with Crippen LogP contribution in [0.5, 0.6) is 5.75 Å². The van der Waals surface area contributed by atoms with E-state index in [2.05, 4.69) is 12.3 Å². The van der Waals surface area contributed by atoms with Crippen molar-refractivity contribution in [3.63, 3.8) is 0 Å². The number of ether oxygens (including phenoxy) is 2. The van der Waals surface area contributed by atoms with Crippen molar-refractivity contribution in [3.05, 3.63) is 29.8 Å². The van der Waals surface area contributed by atoms with Gasteiger partial charge < -0.3 is 9.47 Å². The lowest BCUT2D eigenvalue weighted by Crippen LogP contribution is -2.29. The number of rotatable bonds is 9. The van der Waals surface area contributed by atoms with Crippen LogP contribution in [0.3, 0.4) is 0 Å². The summed E-state index contributed by atoms with van der Waals surface area (Å²) in [5.74, 6) is 5.53. The molecule has 0 aromatic heterocycles. The maximum absolute atomic E-state index is 11.2. The SMILES string of the molecule is COC(C)CCCCCOc1ccc(C(=O)NN)cc1. The zero-order valence-electron chi connectivity index (χ0n) is 12.2. The van der Waals surface area contributed by atoms with Crippen molar-refractivity contribution < 1.29 is 14.3 Å². The molecule has 0 bridgehead atoms. The molecule has 112 valence electrons. The number of amides is 1. The highest BCUT2D eigenvalue weighted by Crippen LogP contribution is 2.13. The molecular weight excluding hydrogens is 256 g/mol. The van der Waals surface area contributed by atoms with Crippen molar-refractivity contribution >= 4 is 5.91 Å². The van der Waals surface area contributed by atoms with Gasteiger partial charge in [-0.05, 0) is 50.5 Å². The Labute approximate surface area is 120 Å². The first-order chi connectivity index (χ1) is 9.67. The van der Waals surface area contributed by atoms with E-state index in [1.54, 1.807) is 31.4 Å². The average molecular weight is 280 g/mol. The molecule has 0 heterocycles. The van der Waals surface area contributed by atoms with E-state index >= 15 is 0 Å².